The first-order valence-electron chi connectivity index (χ1n) is 9.72. The first-order chi connectivity index (χ1) is 12.9. The molecule has 2 aliphatic rings. The molecule has 1 amide bonds. The molecule has 0 saturated heterocycles. The summed E-state index contributed by atoms with van der Waals surface area (Å²) < 4.78 is 11.0. The SMILES string of the molecule is COc1ccc(C2(c3nc(CC(=O)NC(C)C)no3)CC3(CCC3)C2)cc1. The van der Waals surface area contributed by atoms with Gasteiger partial charge >= 0.3 is 0 Å². The van der Waals surface area contributed by atoms with Crippen molar-refractivity contribution in [1.82, 2.24) is 15.5 Å². The van der Waals surface area contributed by atoms with Crippen molar-refractivity contribution in [3.8, 4) is 5.75 Å². The lowest BCUT2D eigenvalue weighted by molar-refractivity contribution is -0.121. The van der Waals surface area contributed by atoms with E-state index in [0.717, 1.165) is 18.6 Å². The Hall–Kier alpha value is -2.37. The molecule has 0 unspecified atom stereocenters. The average molecular weight is 369 g/mol. The number of benzene rings is 1. The zero-order valence-corrected chi connectivity index (χ0v) is 16.2. The summed E-state index contributed by atoms with van der Waals surface area (Å²) in [6.07, 6.45) is 6.08. The molecule has 27 heavy (non-hydrogen) atoms. The van der Waals surface area contributed by atoms with Crippen molar-refractivity contribution in [1.29, 1.82) is 0 Å². The van der Waals surface area contributed by atoms with Crippen molar-refractivity contribution < 1.29 is 14.1 Å². The van der Waals surface area contributed by atoms with Gasteiger partial charge in [-0.3, -0.25) is 4.79 Å². The Labute approximate surface area is 159 Å². The fourth-order valence-electron chi connectivity index (χ4n) is 4.68. The van der Waals surface area contributed by atoms with E-state index < -0.39 is 0 Å². The van der Waals surface area contributed by atoms with E-state index in [2.05, 4.69) is 27.6 Å². The average Bonchev–Trinajstić information content (AvgIpc) is 3.01. The van der Waals surface area contributed by atoms with E-state index in [9.17, 15) is 4.79 Å². The highest BCUT2D eigenvalue weighted by Crippen LogP contribution is 2.66. The van der Waals surface area contributed by atoms with Crippen molar-refractivity contribution in [3.63, 3.8) is 0 Å². The first kappa shape index (κ1) is 18.0. The van der Waals surface area contributed by atoms with Crippen molar-refractivity contribution in [3.05, 3.63) is 41.5 Å². The van der Waals surface area contributed by atoms with Crippen LogP contribution in [0.25, 0.3) is 0 Å². The third-order valence-electron chi connectivity index (χ3n) is 6.06. The molecule has 2 fully saturated rings. The van der Waals surface area contributed by atoms with E-state index in [4.69, 9.17) is 9.26 Å². The summed E-state index contributed by atoms with van der Waals surface area (Å²) in [6, 6.07) is 8.26. The molecule has 1 aromatic carbocycles. The van der Waals surface area contributed by atoms with Crippen LogP contribution in [0.2, 0.25) is 0 Å². The standard InChI is InChI=1S/C21H27N3O3/c1-14(2)22-18(25)11-17-23-19(27-24-17)21(12-20(13-21)9-4-10-20)15-5-7-16(26-3)8-6-15/h5-8,14H,4,9-13H2,1-3H3,(H,22,25). The van der Waals surface area contributed by atoms with Crippen molar-refractivity contribution in [2.24, 2.45) is 5.41 Å². The van der Waals surface area contributed by atoms with Gasteiger partial charge in [-0.05, 0) is 62.6 Å². The topological polar surface area (TPSA) is 77.2 Å². The molecular weight excluding hydrogens is 342 g/mol. The molecule has 1 spiro atoms. The van der Waals surface area contributed by atoms with Crippen LogP contribution in [0.4, 0.5) is 0 Å². The summed E-state index contributed by atoms with van der Waals surface area (Å²) in [5.41, 5.74) is 1.37. The van der Waals surface area contributed by atoms with Gasteiger partial charge in [0, 0.05) is 6.04 Å². The Balaban J connectivity index is 1.59. The van der Waals surface area contributed by atoms with Crippen LogP contribution in [-0.2, 0) is 16.6 Å². The van der Waals surface area contributed by atoms with Gasteiger partial charge in [0.25, 0.3) is 0 Å². The maximum atomic E-state index is 12.0. The highest BCUT2D eigenvalue weighted by Gasteiger charge is 2.61. The predicted molar refractivity (Wildman–Crippen MR) is 101 cm³/mol. The van der Waals surface area contributed by atoms with Crippen LogP contribution in [0.3, 0.4) is 0 Å². The Bertz CT molecular complexity index is 813. The molecule has 1 N–H and O–H groups in total. The number of nitrogens with zero attached hydrogens (tertiary/aromatic N) is 2. The smallest absolute Gasteiger partial charge is 0.237 e. The Morgan fingerprint density at radius 3 is 2.52 bits per heavy atom. The maximum Gasteiger partial charge on any atom is 0.237 e. The molecule has 6 heteroatoms. The lowest BCUT2D eigenvalue weighted by Gasteiger charge is -2.59. The number of ether oxygens (including phenoxy) is 1. The molecule has 1 heterocycles. The minimum atomic E-state index is -0.244. The predicted octanol–water partition coefficient (Wildman–Crippen LogP) is 3.40. The van der Waals surface area contributed by atoms with Gasteiger partial charge in [-0.25, -0.2) is 0 Å². The third kappa shape index (κ3) is 3.22. The van der Waals surface area contributed by atoms with Gasteiger partial charge in [0.2, 0.25) is 11.8 Å². The third-order valence-corrected chi connectivity index (χ3v) is 6.06. The molecule has 0 aliphatic heterocycles. The molecule has 2 aromatic rings. The van der Waals surface area contributed by atoms with Crippen LogP contribution >= 0.6 is 0 Å². The van der Waals surface area contributed by atoms with E-state index in [1.54, 1.807) is 7.11 Å². The van der Waals surface area contributed by atoms with Gasteiger partial charge in [-0.1, -0.05) is 23.7 Å². The van der Waals surface area contributed by atoms with Gasteiger partial charge in [-0.2, -0.15) is 4.98 Å². The normalized spacial score (nSPS) is 19.4. The van der Waals surface area contributed by atoms with Crippen molar-refractivity contribution in [2.45, 2.75) is 63.8 Å². The second-order valence-electron chi connectivity index (χ2n) is 8.43. The largest absolute Gasteiger partial charge is 0.497 e. The maximum absolute atomic E-state index is 12.0. The summed E-state index contributed by atoms with van der Waals surface area (Å²) in [5.74, 6) is 1.84. The quantitative estimate of drug-likeness (QED) is 0.844. The number of hydrogen-bond acceptors (Lipinski definition) is 5. The van der Waals surface area contributed by atoms with Gasteiger partial charge in [-0.15, -0.1) is 0 Å². The van der Waals surface area contributed by atoms with E-state index >= 15 is 0 Å². The lowest BCUT2D eigenvalue weighted by atomic mass is 9.43. The van der Waals surface area contributed by atoms with E-state index in [-0.39, 0.29) is 23.8 Å². The van der Waals surface area contributed by atoms with Crippen LogP contribution in [0.15, 0.2) is 28.8 Å². The molecule has 0 bridgehead atoms. The molecule has 2 saturated carbocycles. The molecule has 1 aromatic heterocycles. The summed E-state index contributed by atoms with van der Waals surface area (Å²) in [6.45, 7) is 3.87. The number of rotatable bonds is 6. The van der Waals surface area contributed by atoms with E-state index in [1.807, 2.05) is 26.0 Å². The van der Waals surface area contributed by atoms with E-state index in [1.165, 1.54) is 24.8 Å². The van der Waals surface area contributed by atoms with Gasteiger partial charge < -0.3 is 14.6 Å². The molecule has 4 rings (SSSR count). The van der Waals surface area contributed by atoms with Gasteiger partial charge in [0.05, 0.1) is 18.9 Å². The van der Waals surface area contributed by atoms with E-state index in [0.29, 0.717) is 17.1 Å². The minimum Gasteiger partial charge on any atom is -0.497 e. The van der Waals surface area contributed by atoms with Crippen molar-refractivity contribution >= 4 is 5.91 Å². The van der Waals surface area contributed by atoms with Crippen LogP contribution in [0.5, 0.6) is 5.75 Å². The first-order valence-corrected chi connectivity index (χ1v) is 9.72. The fraction of sp³-hybridized carbons (Fsp3) is 0.571. The number of carbonyl (C=O) groups is 1. The molecule has 6 nitrogen and oxygen atoms in total. The molecule has 0 radical (unpaired) electrons. The monoisotopic (exact) mass is 369 g/mol. The van der Waals surface area contributed by atoms with Crippen LogP contribution in [0, 0.1) is 5.41 Å². The zero-order valence-electron chi connectivity index (χ0n) is 16.2. The number of carbonyl (C=O) groups excluding carboxylic acids is 1. The number of aromatic nitrogens is 2. The number of nitrogens with one attached hydrogen (secondary N) is 1. The number of methoxy groups -OCH3 is 1. The lowest BCUT2D eigenvalue weighted by Crippen LogP contribution is -2.53. The Morgan fingerprint density at radius 1 is 1.26 bits per heavy atom. The Morgan fingerprint density at radius 2 is 1.96 bits per heavy atom. The highest BCUT2D eigenvalue weighted by molar-refractivity contribution is 5.77. The number of amides is 1. The second kappa shape index (κ2) is 6.66. The van der Waals surface area contributed by atoms with Gasteiger partial charge in [0.15, 0.2) is 5.82 Å². The van der Waals surface area contributed by atoms with Crippen molar-refractivity contribution in [2.75, 3.05) is 7.11 Å². The highest BCUT2D eigenvalue weighted by atomic mass is 16.5. The second-order valence-corrected chi connectivity index (χ2v) is 8.43. The zero-order chi connectivity index (χ0) is 19.1. The minimum absolute atomic E-state index is 0.0834. The van der Waals surface area contributed by atoms with Crippen LogP contribution < -0.4 is 10.1 Å². The summed E-state index contributed by atoms with van der Waals surface area (Å²) in [4.78, 5) is 16.6. The van der Waals surface area contributed by atoms with Crippen LogP contribution in [-0.4, -0.2) is 29.2 Å². The summed E-state index contributed by atoms with van der Waals surface area (Å²) in [5, 5.41) is 6.96. The Kier molecular flexibility index (Phi) is 4.44. The fourth-order valence-corrected chi connectivity index (χ4v) is 4.68. The molecule has 2 aliphatic carbocycles. The molecule has 144 valence electrons. The molecule has 0 atom stereocenters. The van der Waals surface area contributed by atoms with Gasteiger partial charge in [0.1, 0.15) is 5.75 Å². The summed E-state index contributed by atoms with van der Waals surface area (Å²) in [7, 11) is 1.67. The van der Waals surface area contributed by atoms with Crippen LogP contribution in [0.1, 0.15) is 63.2 Å². The molecular formula is C21H27N3O3. The summed E-state index contributed by atoms with van der Waals surface area (Å²) >= 11 is 0. The number of hydrogen-bond donors (Lipinski definition) is 1.